The molecule has 1 aromatic heterocycles. The van der Waals surface area contributed by atoms with Gasteiger partial charge in [0, 0.05) is 33.7 Å². The zero-order valence-electron chi connectivity index (χ0n) is 18.4. The molecule has 2 aliphatic rings. The number of halogens is 1. The topological polar surface area (TPSA) is 52.5 Å². The molecule has 1 heterocycles. The van der Waals surface area contributed by atoms with E-state index < -0.39 is 11.9 Å². The summed E-state index contributed by atoms with van der Waals surface area (Å²) >= 11 is 0. The molecule has 6 rings (SSSR count). The average molecular weight is 429 g/mol. The highest BCUT2D eigenvalue weighted by Gasteiger charge is 2.37. The zero-order valence-corrected chi connectivity index (χ0v) is 18.4. The van der Waals surface area contributed by atoms with Crippen LogP contribution in [0.2, 0.25) is 0 Å². The fourth-order valence-corrected chi connectivity index (χ4v) is 5.68. The predicted molar refractivity (Wildman–Crippen MR) is 128 cm³/mol. The second-order valence-electron chi connectivity index (χ2n) is 9.35. The molecule has 2 aliphatic carbocycles. The van der Waals surface area contributed by atoms with Crippen LogP contribution in [-0.4, -0.2) is 4.57 Å². The highest BCUT2D eigenvalue weighted by Crippen LogP contribution is 2.51. The summed E-state index contributed by atoms with van der Waals surface area (Å²) in [7, 11) is 0. The first-order valence-corrected chi connectivity index (χ1v) is 11.0. The van der Waals surface area contributed by atoms with E-state index in [1.54, 1.807) is 0 Å². The first-order chi connectivity index (χ1) is 16.0. The molecule has 0 spiro atoms. The van der Waals surface area contributed by atoms with Crippen LogP contribution in [0.5, 0.6) is 0 Å². The SMILES string of the molecule is CC1(C)c2ccccc2-c2cc3c4ccccc4n(C4CC(C#N)=CC(C#N)=C4F)c3cc21. The lowest BCUT2D eigenvalue weighted by atomic mass is 9.82. The molecular weight excluding hydrogens is 409 g/mol. The summed E-state index contributed by atoms with van der Waals surface area (Å²) in [6.45, 7) is 4.45. The summed E-state index contributed by atoms with van der Waals surface area (Å²) in [6.07, 6.45) is 1.60. The van der Waals surface area contributed by atoms with Crippen LogP contribution < -0.4 is 0 Å². The summed E-state index contributed by atoms with van der Waals surface area (Å²) < 4.78 is 17.6. The average Bonchev–Trinajstić information content (AvgIpc) is 3.27. The van der Waals surface area contributed by atoms with Gasteiger partial charge in [0.1, 0.15) is 11.9 Å². The lowest BCUT2D eigenvalue weighted by Gasteiger charge is -2.25. The van der Waals surface area contributed by atoms with Gasteiger partial charge in [0.05, 0.1) is 23.2 Å². The molecule has 158 valence electrons. The maximum atomic E-state index is 15.6. The largest absolute Gasteiger partial charge is 0.330 e. The van der Waals surface area contributed by atoms with Crippen LogP contribution in [0, 0.1) is 22.7 Å². The van der Waals surface area contributed by atoms with Crippen molar-refractivity contribution in [2.45, 2.75) is 31.7 Å². The molecular formula is C29H20FN3. The van der Waals surface area contributed by atoms with E-state index in [4.69, 9.17) is 0 Å². The number of allylic oxidation sites excluding steroid dienone is 4. The zero-order chi connectivity index (χ0) is 22.9. The molecule has 1 unspecified atom stereocenters. The van der Waals surface area contributed by atoms with Crippen LogP contribution in [0.4, 0.5) is 4.39 Å². The normalized spacial score (nSPS) is 18.6. The van der Waals surface area contributed by atoms with Gasteiger partial charge in [-0.25, -0.2) is 4.39 Å². The number of benzene rings is 3. The van der Waals surface area contributed by atoms with Gasteiger partial charge in [-0.15, -0.1) is 0 Å². The standard InChI is InChI=1S/C29H20FN3/c1-29(2)23-9-5-3-7-19(23)21-13-22-20-8-4-6-10-25(20)33(26(22)14-24(21)29)27-12-17(15-31)11-18(16-32)28(27)30/h3-11,13-14,27H,12H2,1-2H3. The maximum Gasteiger partial charge on any atom is 0.141 e. The Morgan fingerprint density at radius 1 is 0.879 bits per heavy atom. The summed E-state index contributed by atoms with van der Waals surface area (Å²) in [5, 5.41) is 21.1. The molecule has 3 nitrogen and oxygen atoms in total. The first-order valence-electron chi connectivity index (χ1n) is 11.0. The quantitative estimate of drug-likeness (QED) is 0.320. The number of nitrogens with zero attached hydrogens (tertiary/aromatic N) is 3. The molecule has 3 aromatic carbocycles. The molecule has 0 fully saturated rings. The van der Waals surface area contributed by atoms with E-state index in [1.165, 1.54) is 28.3 Å². The van der Waals surface area contributed by atoms with Crippen molar-refractivity contribution in [3.63, 3.8) is 0 Å². The van der Waals surface area contributed by atoms with Crippen molar-refractivity contribution < 1.29 is 4.39 Å². The highest BCUT2D eigenvalue weighted by atomic mass is 19.1. The molecule has 0 saturated carbocycles. The Kier molecular flexibility index (Phi) is 3.95. The minimum Gasteiger partial charge on any atom is -0.330 e. The van der Waals surface area contributed by atoms with Crippen LogP contribution in [0.1, 0.15) is 37.4 Å². The van der Waals surface area contributed by atoms with Crippen molar-refractivity contribution in [3.8, 4) is 23.3 Å². The van der Waals surface area contributed by atoms with Gasteiger partial charge in [0.15, 0.2) is 0 Å². The Morgan fingerprint density at radius 2 is 1.64 bits per heavy atom. The van der Waals surface area contributed by atoms with E-state index in [1.807, 2.05) is 28.8 Å². The smallest absolute Gasteiger partial charge is 0.141 e. The molecule has 33 heavy (non-hydrogen) atoms. The molecule has 0 amide bonds. The number of nitriles is 2. The monoisotopic (exact) mass is 429 g/mol. The lowest BCUT2D eigenvalue weighted by Crippen LogP contribution is -2.16. The van der Waals surface area contributed by atoms with Gasteiger partial charge < -0.3 is 4.57 Å². The van der Waals surface area contributed by atoms with Crippen molar-refractivity contribution >= 4 is 21.8 Å². The third-order valence-electron chi connectivity index (χ3n) is 7.27. The second kappa shape index (κ2) is 6.67. The highest BCUT2D eigenvalue weighted by molar-refractivity contribution is 6.10. The predicted octanol–water partition coefficient (Wildman–Crippen LogP) is 7.24. The van der Waals surface area contributed by atoms with Gasteiger partial charge in [-0.1, -0.05) is 56.3 Å². The Morgan fingerprint density at radius 3 is 2.42 bits per heavy atom. The van der Waals surface area contributed by atoms with Crippen molar-refractivity contribution in [1.82, 2.24) is 4.57 Å². The third kappa shape index (κ3) is 2.53. The molecule has 0 radical (unpaired) electrons. The number of hydrogen-bond acceptors (Lipinski definition) is 2. The Labute approximate surface area is 191 Å². The van der Waals surface area contributed by atoms with Gasteiger partial charge in [-0.05, 0) is 46.5 Å². The Hall–Kier alpha value is -4.15. The molecule has 4 aromatic rings. The number of para-hydroxylation sites is 1. The Bertz CT molecular complexity index is 1650. The van der Waals surface area contributed by atoms with Gasteiger partial charge in [0.25, 0.3) is 0 Å². The first kappa shape index (κ1) is 19.5. The number of hydrogen-bond donors (Lipinski definition) is 0. The minimum atomic E-state index is -0.730. The molecule has 1 atom stereocenters. The number of rotatable bonds is 1. The van der Waals surface area contributed by atoms with Crippen LogP contribution >= 0.6 is 0 Å². The van der Waals surface area contributed by atoms with Gasteiger partial charge in [-0.3, -0.25) is 0 Å². The van der Waals surface area contributed by atoms with Crippen molar-refractivity contribution in [3.05, 3.63) is 94.8 Å². The Balaban J connectivity index is 1.71. The van der Waals surface area contributed by atoms with E-state index in [0.717, 1.165) is 21.8 Å². The van der Waals surface area contributed by atoms with Gasteiger partial charge in [0.2, 0.25) is 0 Å². The van der Waals surface area contributed by atoms with Crippen LogP contribution in [0.3, 0.4) is 0 Å². The van der Waals surface area contributed by atoms with E-state index in [9.17, 15) is 10.5 Å². The van der Waals surface area contributed by atoms with E-state index in [0.29, 0.717) is 5.57 Å². The molecule has 0 aliphatic heterocycles. The summed E-state index contributed by atoms with van der Waals surface area (Å²) in [5.41, 5.74) is 6.93. The fraction of sp³-hybridized carbons (Fsp3) is 0.172. The van der Waals surface area contributed by atoms with E-state index in [2.05, 4.69) is 62.4 Å². The third-order valence-corrected chi connectivity index (χ3v) is 7.27. The summed E-state index contributed by atoms with van der Waals surface area (Å²) in [4.78, 5) is 0. The fourth-order valence-electron chi connectivity index (χ4n) is 5.68. The summed E-state index contributed by atoms with van der Waals surface area (Å²) in [6, 6.07) is 24.2. The van der Waals surface area contributed by atoms with E-state index in [-0.39, 0.29) is 17.4 Å². The maximum absolute atomic E-state index is 15.6. The van der Waals surface area contributed by atoms with E-state index >= 15 is 4.39 Å². The van der Waals surface area contributed by atoms with Crippen molar-refractivity contribution in [1.29, 1.82) is 10.5 Å². The number of fused-ring (bicyclic) bond motifs is 6. The minimum absolute atomic E-state index is 0.0670. The molecule has 4 heteroatoms. The molecule has 0 bridgehead atoms. The number of aromatic nitrogens is 1. The van der Waals surface area contributed by atoms with Gasteiger partial charge >= 0.3 is 0 Å². The summed E-state index contributed by atoms with van der Waals surface area (Å²) in [5.74, 6) is -0.484. The molecule has 0 N–H and O–H groups in total. The van der Waals surface area contributed by atoms with Crippen molar-refractivity contribution in [2.24, 2.45) is 0 Å². The van der Waals surface area contributed by atoms with Crippen LogP contribution in [-0.2, 0) is 5.41 Å². The molecule has 0 saturated heterocycles. The van der Waals surface area contributed by atoms with Crippen molar-refractivity contribution in [2.75, 3.05) is 0 Å². The second-order valence-corrected chi connectivity index (χ2v) is 9.35. The van der Waals surface area contributed by atoms with Crippen LogP contribution in [0.15, 0.2) is 83.7 Å². The van der Waals surface area contributed by atoms with Gasteiger partial charge in [-0.2, -0.15) is 10.5 Å². The van der Waals surface area contributed by atoms with Crippen LogP contribution in [0.25, 0.3) is 32.9 Å². The lowest BCUT2D eigenvalue weighted by molar-refractivity contribution is 0.457.